The van der Waals surface area contributed by atoms with Crippen LogP contribution in [0.3, 0.4) is 0 Å². The first-order valence-electron chi connectivity index (χ1n) is 9.28. The van der Waals surface area contributed by atoms with Crippen LogP contribution in [-0.2, 0) is 15.9 Å². The van der Waals surface area contributed by atoms with Gasteiger partial charge in [0.2, 0.25) is 0 Å². The fourth-order valence-corrected chi connectivity index (χ4v) is 4.59. The first-order valence-corrected chi connectivity index (χ1v) is 10.8. The molecule has 0 aliphatic carbocycles. The Morgan fingerprint density at radius 2 is 2.07 bits per heavy atom. The van der Waals surface area contributed by atoms with Crippen molar-refractivity contribution in [1.82, 2.24) is 24.6 Å². The van der Waals surface area contributed by atoms with E-state index < -0.39 is 16.8 Å². The van der Waals surface area contributed by atoms with Crippen molar-refractivity contribution in [2.24, 2.45) is 0 Å². The number of benzene rings is 1. The second kappa shape index (κ2) is 7.60. The molecule has 2 N–H and O–H groups in total. The summed E-state index contributed by atoms with van der Waals surface area (Å²) in [5.74, 6) is 0.194. The Morgan fingerprint density at radius 3 is 2.73 bits per heavy atom. The van der Waals surface area contributed by atoms with Gasteiger partial charge in [-0.05, 0) is 32.9 Å². The summed E-state index contributed by atoms with van der Waals surface area (Å²) in [6, 6.07) is 6.62. The second-order valence-electron chi connectivity index (χ2n) is 7.97. The van der Waals surface area contributed by atoms with Gasteiger partial charge in [-0.2, -0.15) is 0 Å². The topological polar surface area (TPSA) is 122 Å². The normalized spacial score (nSPS) is 15.8. The molecule has 0 saturated carbocycles. The third kappa shape index (κ3) is 3.90. The van der Waals surface area contributed by atoms with Gasteiger partial charge in [-0.3, -0.25) is 0 Å². The number of ether oxygens (including phenoxy) is 1. The Morgan fingerprint density at radius 1 is 1.33 bits per heavy atom. The van der Waals surface area contributed by atoms with E-state index in [1.165, 1.54) is 6.33 Å². The fraction of sp³-hybridized carbons (Fsp3) is 0.368. The lowest BCUT2D eigenvalue weighted by Crippen LogP contribution is -2.52. The summed E-state index contributed by atoms with van der Waals surface area (Å²) >= 11 is 4.42. The molecule has 11 heteroatoms. The zero-order valence-electron chi connectivity index (χ0n) is 16.7. The quantitative estimate of drug-likeness (QED) is 0.611. The number of nitrogens with two attached hydrogens (primary N) is 1. The van der Waals surface area contributed by atoms with Crippen molar-refractivity contribution in [3.05, 3.63) is 35.6 Å². The van der Waals surface area contributed by atoms with Gasteiger partial charge in [-0.15, -0.1) is 5.10 Å². The van der Waals surface area contributed by atoms with E-state index >= 15 is 0 Å². The number of amides is 1. The standard InChI is InChI=1S/C19H21ClN6O3S/c1-19(2,3)29-18(27)25-8-12(9-25)26-16-14(15(21)22-10-23-16)17(24-26)30(28)13-6-4-5-11(20)7-13/h4-7,10,12H,8-9H2,1-3H3,(H2,21,22,23). The van der Waals surface area contributed by atoms with Crippen molar-refractivity contribution >= 4 is 45.7 Å². The van der Waals surface area contributed by atoms with Crippen molar-refractivity contribution in [1.29, 1.82) is 0 Å². The van der Waals surface area contributed by atoms with Gasteiger partial charge in [0.15, 0.2) is 10.5 Å². The van der Waals surface area contributed by atoms with Gasteiger partial charge < -0.3 is 19.9 Å². The molecular formula is C19H21ClN6O3S. The number of aromatic nitrogens is 4. The predicted molar refractivity (Wildman–Crippen MR) is 113 cm³/mol. The Bertz CT molecular complexity index is 1110. The van der Waals surface area contributed by atoms with Crippen LogP contribution in [0.2, 0.25) is 5.02 Å². The molecule has 3 heterocycles. The van der Waals surface area contributed by atoms with E-state index in [0.29, 0.717) is 34.0 Å². The van der Waals surface area contributed by atoms with E-state index in [4.69, 9.17) is 22.1 Å². The molecule has 1 atom stereocenters. The smallest absolute Gasteiger partial charge is 0.410 e. The van der Waals surface area contributed by atoms with E-state index in [-0.39, 0.29) is 23.0 Å². The molecule has 158 valence electrons. The molecule has 1 fully saturated rings. The van der Waals surface area contributed by atoms with Crippen LogP contribution in [0, 0.1) is 0 Å². The number of fused-ring (bicyclic) bond motifs is 1. The molecule has 0 radical (unpaired) electrons. The fourth-order valence-electron chi connectivity index (χ4n) is 3.13. The number of halogens is 1. The molecule has 9 nitrogen and oxygen atoms in total. The highest BCUT2D eigenvalue weighted by atomic mass is 35.5. The Balaban J connectivity index is 1.65. The summed E-state index contributed by atoms with van der Waals surface area (Å²) in [6.07, 6.45) is 0.957. The van der Waals surface area contributed by atoms with E-state index in [2.05, 4.69) is 15.1 Å². The summed E-state index contributed by atoms with van der Waals surface area (Å²) in [4.78, 5) is 22.7. The molecule has 0 bridgehead atoms. The molecule has 1 aliphatic rings. The molecule has 1 amide bonds. The predicted octanol–water partition coefficient (Wildman–Crippen LogP) is 3.02. The van der Waals surface area contributed by atoms with Crippen LogP contribution in [0.1, 0.15) is 26.8 Å². The molecule has 1 unspecified atom stereocenters. The average molecular weight is 449 g/mol. The lowest BCUT2D eigenvalue weighted by atomic mass is 10.1. The van der Waals surface area contributed by atoms with Crippen LogP contribution < -0.4 is 5.73 Å². The third-order valence-electron chi connectivity index (χ3n) is 4.53. The number of nitrogen functional groups attached to an aromatic ring is 1. The van der Waals surface area contributed by atoms with E-state index in [0.717, 1.165) is 0 Å². The summed E-state index contributed by atoms with van der Waals surface area (Å²) in [5.41, 5.74) is 5.98. The number of hydrogen-bond donors (Lipinski definition) is 1. The van der Waals surface area contributed by atoms with Gasteiger partial charge in [0.1, 0.15) is 23.1 Å². The average Bonchev–Trinajstić information content (AvgIpc) is 2.99. The summed E-state index contributed by atoms with van der Waals surface area (Å²) in [5, 5.41) is 5.73. The number of carbonyl (C=O) groups is 1. The maximum atomic E-state index is 13.2. The van der Waals surface area contributed by atoms with Crippen LogP contribution in [0.5, 0.6) is 0 Å². The molecule has 2 aromatic heterocycles. The zero-order valence-corrected chi connectivity index (χ0v) is 18.3. The summed E-state index contributed by atoms with van der Waals surface area (Å²) in [7, 11) is 0. The Hall–Kier alpha value is -2.56. The molecule has 4 rings (SSSR count). The maximum Gasteiger partial charge on any atom is 0.410 e. The highest BCUT2D eigenvalue weighted by molar-refractivity contribution is 7.91. The minimum Gasteiger partial charge on any atom is -0.605 e. The van der Waals surface area contributed by atoms with Crippen molar-refractivity contribution in [3.8, 4) is 0 Å². The Kier molecular flexibility index (Phi) is 5.25. The second-order valence-corrected chi connectivity index (χ2v) is 9.80. The van der Waals surface area contributed by atoms with Gasteiger partial charge in [-0.1, -0.05) is 17.7 Å². The van der Waals surface area contributed by atoms with E-state index in [9.17, 15) is 9.35 Å². The monoisotopic (exact) mass is 448 g/mol. The number of likely N-dealkylation sites (tertiary alicyclic amines) is 1. The van der Waals surface area contributed by atoms with Crippen molar-refractivity contribution in [2.75, 3.05) is 18.8 Å². The summed E-state index contributed by atoms with van der Waals surface area (Å²) in [6.45, 7) is 6.26. The van der Waals surface area contributed by atoms with Crippen LogP contribution >= 0.6 is 11.6 Å². The number of hydrogen-bond acceptors (Lipinski definition) is 7. The lowest BCUT2D eigenvalue weighted by molar-refractivity contribution is -0.0000668. The Labute approximate surface area is 181 Å². The van der Waals surface area contributed by atoms with Crippen molar-refractivity contribution in [3.63, 3.8) is 0 Å². The minimum atomic E-state index is -1.63. The minimum absolute atomic E-state index is 0.139. The van der Waals surface area contributed by atoms with Crippen molar-refractivity contribution in [2.45, 2.75) is 42.3 Å². The molecule has 1 aromatic carbocycles. The molecule has 0 spiro atoms. The first kappa shape index (κ1) is 20.7. The summed E-state index contributed by atoms with van der Waals surface area (Å²) < 4.78 is 20.3. The van der Waals surface area contributed by atoms with Gasteiger partial charge in [0, 0.05) is 35.4 Å². The number of rotatable bonds is 3. The highest BCUT2D eigenvalue weighted by Gasteiger charge is 2.38. The zero-order chi connectivity index (χ0) is 21.6. The van der Waals surface area contributed by atoms with Gasteiger partial charge in [0.25, 0.3) is 5.03 Å². The third-order valence-corrected chi connectivity index (χ3v) is 6.09. The van der Waals surface area contributed by atoms with E-state index in [1.54, 1.807) is 33.8 Å². The molecule has 3 aromatic rings. The van der Waals surface area contributed by atoms with Crippen molar-refractivity contribution < 1.29 is 14.1 Å². The molecule has 1 saturated heterocycles. The SMILES string of the molecule is CC(C)(C)OC(=O)N1CC(n2nc([S+]([O-])c3cccc(Cl)c3)c3c(N)ncnc32)C1. The van der Waals surface area contributed by atoms with Gasteiger partial charge in [0.05, 0.1) is 6.04 Å². The molecule has 30 heavy (non-hydrogen) atoms. The van der Waals surface area contributed by atoms with E-state index in [1.807, 2.05) is 20.8 Å². The molecular weight excluding hydrogens is 428 g/mol. The lowest BCUT2D eigenvalue weighted by Gasteiger charge is -2.39. The maximum absolute atomic E-state index is 13.2. The van der Waals surface area contributed by atoms with Crippen LogP contribution in [0.15, 0.2) is 40.5 Å². The first-order chi connectivity index (χ1) is 14.1. The van der Waals surface area contributed by atoms with Crippen LogP contribution in [0.25, 0.3) is 11.0 Å². The largest absolute Gasteiger partial charge is 0.605 e. The van der Waals surface area contributed by atoms with Crippen LogP contribution in [0.4, 0.5) is 10.6 Å². The number of anilines is 1. The van der Waals surface area contributed by atoms with Crippen LogP contribution in [-0.4, -0.2) is 54.0 Å². The highest BCUT2D eigenvalue weighted by Crippen LogP contribution is 2.34. The van der Waals surface area contributed by atoms with Gasteiger partial charge in [-0.25, -0.2) is 19.4 Å². The molecule has 1 aliphatic heterocycles. The number of carbonyl (C=O) groups excluding carboxylic acids is 1. The number of nitrogens with zero attached hydrogens (tertiary/aromatic N) is 5. The van der Waals surface area contributed by atoms with Gasteiger partial charge >= 0.3 is 6.09 Å².